The van der Waals surface area contributed by atoms with Crippen LogP contribution in [0.2, 0.25) is 33.0 Å². The van der Waals surface area contributed by atoms with Crippen molar-refractivity contribution >= 4 is 26.5 Å². The minimum absolute atomic E-state index is 0.325. The first-order valence-electron chi connectivity index (χ1n) is 9.70. The van der Waals surface area contributed by atoms with Crippen LogP contribution in [0, 0.1) is 0 Å². The molecule has 0 aliphatic rings. The van der Waals surface area contributed by atoms with Gasteiger partial charge in [-0.3, -0.25) is 0 Å². The van der Waals surface area contributed by atoms with Crippen LogP contribution in [0.25, 0.3) is 0 Å². The second kappa shape index (κ2) is 12.1. The molecule has 0 heterocycles. The first-order chi connectivity index (χ1) is 10.4. The summed E-state index contributed by atoms with van der Waals surface area (Å²) < 4.78 is 6.65. The van der Waals surface area contributed by atoms with Crippen LogP contribution in [0.5, 0.6) is 0 Å². The molecule has 22 heavy (non-hydrogen) atoms. The fraction of sp³-hybridized carbons (Fsp3) is 0.895. The Labute approximate surface area is 145 Å². The number of hydrogen-bond acceptors (Lipinski definition) is 1. The normalized spacial score (nSPS) is 13.7. The maximum atomic E-state index is 9.37. The molecule has 0 saturated heterocycles. The summed E-state index contributed by atoms with van der Waals surface area (Å²) >= 11 is -2.25. The van der Waals surface area contributed by atoms with Gasteiger partial charge in [0, 0.05) is 0 Å². The Bertz CT molecular complexity index is 285. The average molecular weight is 433 g/mol. The quantitative estimate of drug-likeness (QED) is 0.326. The number of aliphatic hydroxyl groups excluding tert-OH is 1. The van der Waals surface area contributed by atoms with Crippen molar-refractivity contribution in [1.82, 2.24) is 0 Å². The van der Waals surface area contributed by atoms with Crippen molar-refractivity contribution in [3.05, 3.63) is 9.29 Å². The summed E-state index contributed by atoms with van der Waals surface area (Å²) in [5.41, 5.74) is 0. The summed E-state index contributed by atoms with van der Waals surface area (Å²) in [4.78, 5) is 0. The predicted molar refractivity (Wildman–Crippen MR) is 108 cm³/mol. The van der Waals surface area contributed by atoms with E-state index >= 15 is 0 Å². The molecule has 0 radical (unpaired) electrons. The summed E-state index contributed by atoms with van der Waals surface area (Å²) in [6.45, 7) is 15.0. The first-order valence-corrected chi connectivity index (χ1v) is 20.7. The van der Waals surface area contributed by atoms with Crippen LogP contribution in [0.1, 0.15) is 65.7 Å². The van der Waals surface area contributed by atoms with Crippen molar-refractivity contribution in [2.75, 3.05) is 6.61 Å². The van der Waals surface area contributed by atoms with Gasteiger partial charge >= 0.3 is 146 Å². The fourth-order valence-corrected chi connectivity index (χ4v) is 37.3. The van der Waals surface area contributed by atoms with E-state index in [1.807, 2.05) is 3.21 Å². The molecule has 0 aliphatic carbocycles. The summed E-state index contributed by atoms with van der Waals surface area (Å²) in [6, 6.07) is 0. The zero-order valence-corrected chi connectivity index (χ0v) is 20.2. The van der Waals surface area contributed by atoms with Gasteiger partial charge in [-0.1, -0.05) is 0 Å². The van der Waals surface area contributed by atoms with E-state index in [0.717, 1.165) is 6.42 Å². The fourth-order valence-electron chi connectivity index (χ4n) is 3.85. The molecule has 3 heteroatoms. The molecular formula is C19H42OSiSn. The van der Waals surface area contributed by atoms with Gasteiger partial charge in [0.05, 0.1) is 0 Å². The van der Waals surface area contributed by atoms with Gasteiger partial charge in [-0.25, -0.2) is 0 Å². The van der Waals surface area contributed by atoms with Gasteiger partial charge in [0.2, 0.25) is 0 Å². The molecule has 0 amide bonds. The topological polar surface area (TPSA) is 20.2 Å². The third-order valence-electron chi connectivity index (χ3n) is 4.88. The van der Waals surface area contributed by atoms with E-state index in [1.165, 1.54) is 38.5 Å². The molecule has 1 N–H and O–H groups in total. The molecule has 0 fully saturated rings. The van der Waals surface area contributed by atoms with Crippen LogP contribution in [0.15, 0.2) is 9.29 Å². The van der Waals surface area contributed by atoms with Crippen LogP contribution in [0.4, 0.5) is 0 Å². The summed E-state index contributed by atoms with van der Waals surface area (Å²) in [5.74, 6) is 0. The van der Waals surface area contributed by atoms with Crippen LogP contribution in [0.3, 0.4) is 0 Å². The molecule has 0 unspecified atom stereocenters. The van der Waals surface area contributed by atoms with Crippen molar-refractivity contribution in [1.29, 1.82) is 0 Å². The Morgan fingerprint density at radius 3 is 1.55 bits per heavy atom. The Morgan fingerprint density at radius 2 is 1.27 bits per heavy atom. The molecule has 0 atom stereocenters. The number of rotatable bonds is 13. The molecular weight excluding hydrogens is 391 g/mol. The van der Waals surface area contributed by atoms with Gasteiger partial charge in [0.1, 0.15) is 0 Å². The van der Waals surface area contributed by atoms with Crippen molar-refractivity contribution < 1.29 is 5.11 Å². The predicted octanol–water partition coefficient (Wildman–Crippen LogP) is 6.56. The van der Waals surface area contributed by atoms with Gasteiger partial charge in [0.15, 0.2) is 0 Å². The molecule has 0 aromatic heterocycles. The second-order valence-corrected chi connectivity index (χ2v) is 27.6. The number of hydrogen-bond donors (Lipinski definition) is 1. The molecule has 0 saturated carbocycles. The van der Waals surface area contributed by atoms with Crippen molar-refractivity contribution in [2.24, 2.45) is 0 Å². The van der Waals surface area contributed by atoms with E-state index in [2.05, 4.69) is 46.5 Å². The van der Waals surface area contributed by atoms with E-state index in [-0.39, 0.29) is 0 Å². The van der Waals surface area contributed by atoms with E-state index in [1.54, 1.807) is 13.3 Å². The third kappa shape index (κ3) is 8.01. The number of unbranched alkanes of at least 4 members (excludes halogenated alkanes) is 3. The monoisotopic (exact) mass is 434 g/mol. The van der Waals surface area contributed by atoms with Crippen molar-refractivity contribution in [3.8, 4) is 0 Å². The average Bonchev–Trinajstić information content (AvgIpc) is 2.47. The standard InChI is InChI=1S/C7H15OSi.3C4H9.Sn/c1-9(2,3)7-5-4-6-8;3*1-3-4-2;/h5,8H,4,6H2,1-3H3;3*1,3-4H2,2H3;. The van der Waals surface area contributed by atoms with Gasteiger partial charge in [-0.15, -0.1) is 0 Å². The molecule has 0 bridgehead atoms. The molecule has 0 spiro atoms. The summed E-state index contributed by atoms with van der Waals surface area (Å²) in [6.07, 6.45) is 11.8. The third-order valence-corrected chi connectivity index (χ3v) is 31.7. The van der Waals surface area contributed by atoms with E-state index in [9.17, 15) is 5.11 Å². The van der Waals surface area contributed by atoms with Crippen LogP contribution in [-0.2, 0) is 0 Å². The molecule has 0 aromatic carbocycles. The Balaban J connectivity index is 5.65. The Morgan fingerprint density at radius 1 is 0.864 bits per heavy atom. The molecule has 0 aliphatic heterocycles. The van der Waals surface area contributed by atoms with E-state index in [4.69, 9.17) is 0 Å². The molecule has 1 nitrogen and oxygen atoms in total. The van der Waals surface area contributed by atoms with E-state index in [0.29, 0.717) is 6.61 Å². The second-order valence-electron chi connectivity index (χ2n) is 7.97. The Kier molecular flexibility index (Phi) is 12.5. The number of aliphatic hydroxyl groups is 1. The zero-order chi connectivity index (χ0) is 17.1. The summed E-state index contributed by atoms with van der Waals surface area (Å²) in [7, 11) is -1.27. The molecule has 0 rings (SSSR count). The van der Waals surface area contributed by atoms with Crippen LogP contribution >= 0.6 is 0 Å². The van der Waals surface area contributed by atoms with Gasteiger partial charge in [0.25, 0.3) is 0 Å². The zero-order valence-electron chi connectivity index (χ0n) is 16.3. The first kappa shape index (κ1) is 22.7. The van der Waals surface area contributed by atoms with Crippen LogP contribution in [-0.4, -0.2) is 38.2 Å². The van der Waals surface area contributed by atoms with Crippen LogP contribution < -0.4 is 0 Å². The molecule has 132 valence electrons. The van der Waals surface area contributed by atoms with Crippen molar-refractivity contribution in [3.63, 3.8) is 0 Å². The van der Waals surface area contributed by atoms with Gasteiger partial charge < -0.3 is 0 Å². The van der Waals surface area contributed by atoms with Gasteiger partial charge in [-0.05, 0) is 0 Å². The van der Waals surface area contributed by atoms with Crippen molar-refractivity contribution in [2.45, 2.75) is 98.7 Å². The summed E-state index contributed by atoms with van der Waals surface area (Å²) in [5, 5.41) is 9.37. The molecule has 0 aromatic rings. The maximum absolute atomic E-state index is 9.37. The SMILES string of the molecule is CCC[CH2][Sn]([CH2]CCC)([CH2]CCC)/[C](=C\CCO)[Si](C)(C)C. The van der Waals surface area contributed by atoms with E-state index < -0.39 is 26.5 Å². The Hall–Kier alpha value is 0.716. The van der Waals surface area contributed by atoms with Gasteiger partial charge in [-0.2, -0.15) is 0 Å². The minimum atomic E-state index is -2.25.